The molecule has 1 saturated heterocycles. The quantitative estimate of drug-likeness (QED) is 0.307. The third-order valence-electron chi connectivity index (χ3n) is 5.73. The van der Waals surface area contributed by atoms with E-state index in [-0.39, 0.29) is 35.2 Å². The lowest BCUT2D eigenvalue weighted by atomic mass is 9.74. The largest absolute Gasteiger partial charge is 0.494 e. The molecule has 0 unspecified atom stereocenters. The zero-order chi connectivity index (χ0) is 21.4. The van der Waals surface area contributed by atoms with Gasteiger partial charge in [0.1, 0.15) is 11.6 Å². The summed E-state index contributed by atoms with van der Waals surface area (Å²) in [5.41, 5.74) is 2.93. The Morgan fingerprint density at radius 3 is 2.45 bits per heavy atom. The predicted octanol–water partition coefficient (Wildman–Crippen LogP) is 4.56. The molecule has 0 saturated carbocycles. The molecule has 0 spiro atoms. The Hall–Kier alpha value is -1.87. The highest BCUT2D eigenvalue weighted by Crippen LogP contribution is 2.35. The van der Waals surface area contributed by atoms with E-state index in [2.05, 4.69) is 27.8 Å². The highest BCUT2D eigenvalue weighted by Gasteiger charge is 2.34. The fourth-order valence-corrected chi connectivity index (χ4v) is 3.88. The first-order chi connectivity index (χ1) is 14.6. The van der Waals surface area contributed by atoms with E-state index >= 15 is 0 Å². The van der Waals surface area contributed by atoms with E-state index in [1.807, 2.05) is 25.1 Å². The van der Waals surface area contributed by atoms with Crippen molar-refractivity contribution in [3.8, 4) is 5.75 Å². The number of rotatable bonds is 7. The van der Waals surface area contributed by atoms with Crippen molar-refractivity contribution in [1.82, 2.24) is 10.6 Å². The summed E-state index contributed by atoms with van der Waals surface area (Å²) < 4.78 is 24.7. The maximum absolute atomic E-state index is 13.5. The number of hydrogen-bond acceptors (Lipinski definition) is 3. The molecule has 0 aromatic heterocycles. The van der Waals surface area contributed by atoms with Gasteiger partial charge in [0, 0.05) is 38.8 Å². The van der Waals surface area contributed by atoms with Gasteiger partial charge in [-0.1, -0.05) is 24.3 Å². The van der Waals surface area contributed by atoms with Crippen molar-refractivity contribution in [3.05, 3.63) is 65.0 Å². The highest BCUT2D eigenvalue weighted by atomic mass is 127. The van der Waals surface area contributed by atoms with Crippen LogP contribution in [0.5, 0.6) is 5.75 Å². The zero-order valence-electron chi connectivity index (χ0n) is 18.5. The van der Waals surface area contributed by atoms with Crippen LogP contribution in [0.4, 0.5) is 4.39 Å². The minimum absolute atomic E-state index is 0. The van der Waals surface area contributed by atoms with Crippen molar-refractivity contribution >= 4 is 29.9 Å². The Balaban J connectivity index is 0.00000341. The van der Waals surface area contributed by atoms with Crippen molar-refractivity contribution in [2.75, 3.05) is 33.4 Å². The van der Waals surface area contributed by atoms with Crippen LogP contribution in [-0.4, -0.2) is 39.4 Å². The van der Waals surface area contributed by atoms with Crippen LogP contribution in [0.25, 0.3) is 0 Å². The molecular formula is C24H33FIN3O2. The number of ether oxygens (including phenoxy) is 2. The Morgan fingerprint density at radius 2 is 1.84 bits per heavy atom. The number of guanidine groups is 1. The smallest absolute Gasteiger partial charge is 0.191 e. The van der Waals surface area contributed by atoms with Crippen LogP contribution < -0.4 is 15.4 Å². The van der Waals surface area contributed by atoms with Gasteiger partial charge in [0.15, 0.2) is 5.96 Å². The average Bonchev–Trinajstić information content (AvgIpc) is 2.77. The molecule has 1 aliphatic rings. The molecule has 0 bridgehead atoms. The topological polar surface area (TPSA) is 54.9 Å². The Bertz CT molecular complexity index is 852. The number of nitrogens with one attached hydrogen (secondary N) is 2. The Kier molecular flexibility index (Phi) is 10.0. The molecule has 2 aromatic carbocycles. The van der Waals surface area contributed by atoms with Crippen molar-refractivity contribution in [2.45, 2.75) is 38.6 Å². The van der Waals surface area contributed by atoms with E-state index < -0.39 is 0 Å². The lowest BCUT2D eigenvalue weighted by molar-refractivity contribution is 0.0513. The Morgan fingerprint density at radius 1 is 1.13 bits per heavy atom. The third-order valence-corrected chi connectivity index (χ3v) is 5.73. The summed E-state index contributed by atoms with van der Waals surface area (Å²) in [6, 6.07) is 13.6. The lowest BCUT2D eigenvalue weighted by Crippen LogP contribution is -2.47. The molecular weight excluding hydrogens is 508 g/mol. The molecule has 1 fully saturated rings. The highest BCUT2D eigenvalue weighted by molar-refractivity contribution is 14.0. The van der Waals surface area contributed by atoms with Gasteiger partial charge < -0.3 is 20.1 Å². The van der Waals surface area contributed by atoms with E-state index in [0.717, 1.165) is 49.9 Å². The summed E-state index contributed by atoms with van der Waals surface area (Å²) in [7, 11) is 1.76. The van der Waals surface area contributed by atoms with E-state index in [1.54, 1.807) is 20.0 Å². The second kappa shape index (κ2) is 12.2. The van der Waals surface area contributed by atoms with Gasteiger partial charge in [-0.2, -0.15) is 0 Å². The number of benzene rings is 2. The van der Waals surface area contributed by atoms with Gasteiger partial charge in [-0.15, -0.1) is 24.0 Å². The lowest BCUT2D eigenvalue weighted by Gasteiger charge is -2.38. The third kappa shape index (κ3) is 6.80. The minimum atomic E-state index is -0.182. The fourth-order valence-electron chi connectivity index (χ4n) is 3.88. The number of hydrogen-bond donors (Lipinski definition) is 2. The zero-order valence-corrected chi connectivity index (χ0v) is 20.9. The van der Waals surface area contributed by atoms with Crippen molar-refractivity contribution in [1.29, 1.82) is 0 Å². The molecule has 0 amide bonds. The van der Waals surface area contributed by atoms with Crippen LogP contribution in [0.3, 0.4) is 0 Å². The summed E-state index contributed by atoms with van der Waals surface area (Å²) >= 11 is 0. The van der Waals surface area contributed by atoms with Crippen molar-refractivity contribution in [3.63, 3.8) is 0 Å². The minimum Gasteiger partial charge on any atom is -0.494 e. The van der Waals surface area contributed by atoms with Gasteiger partial charge in [-0.3, -0.25) is 4.99 Å². The van der Waals surface area contributed by atoms with Crippen LogP contribution in [0, 0.1) is 12.7 Å². The molecule has 3 rings (SSSR count). The molecule has 2 N–H and O–H groups in total. The number of aliphatic imine (C=N–C) groups is 1. The number of aryl methyl sites for hydroxylation is 1. The maximum Gasteiger partial charge on any atom is 0.191 e. The summed E-state index contributed by atoms with van der Waals surface area (Å²) in [5, 5.41) is 6.82. The van der Waals surface area contributed by atoms with Gasteiger partial charge in [0.05, 0.1) is 6.61 Å². The number of halogens is 2. The van der Waals surface area contributed by atoms with E-state index in [0.29, 0.717) is 18.7 Å². The maximum atomic E-state index is 13.5. The van der Waals surface area contributed by atoms with E-state index in [4.69, 9.17) is 9.47 Å². The van der Waals surface area contributed by atoms with Crippen LogP contribution in [0.2, 0.25) is 0 Å². The van der Waals surface area contributed by atoms with Crippen molar-refractivity contribution < 1.29 is 13.9 Å². The summed E-state index contributed by atoms with van der Waals surface area (Å²) in [5.74, 6) is 1.44. The normalized spacial score (nSPS) is 15.7. The van der Waals surface area contributed by atoms with Gasteiger partial charge in [0.2, 0.25) is 0 Å². The predicted molar refractivity (Wildman–Crippen MR) is 134 cm³/mol. The van der Waals surface area contributed by atoms with Crippen LogP contribution in [-0.2, 0) is 16.7 Å². The molecule has 0 aliphatic carbocycles. The van der Waals surface area contributed by atoms with Gasteiger partial charge in [-0.05, 0) is 61.6 Å². The average molecular weight is 541 g/mol. The molecule has 170 valence electrons. The molecule has 1 heterocycles. The SMILES string of the molecule is CCOc1ccc(C2(CNC(=NC)NCc3ccc(F)c(C)c3)CCOCC2)cc1.I. The van der Waals surface area contributed by atoms with Crippen molar-refractivity contribution in [2.24, 2.45) is 4.99 Å². The van der Waals surface area contributed by atoms with Gasteiger partial charge >= 0.3 is 0 Å². The molecule has 5 nitrogen and oxygen atoms in total. The summed E-state index contributed by atoms with van der Waals surface area (Å²) in [4.78, 5) is 4.36. The first-order valence-electron chi connectivity index (χ1n) is 10.6. The van der Waals surface area contributed by atoms with Crippen LogP contribution in [0.15, 0.2) is 47.5 Å². The number of nitrogens with zero attached hydrogens (tertiary/aromatic N) is 1. The first-order valence-corrected chi connectivity index (χ1v) is 10.6. The second-order valence-electron chi connectivity index (χ2n) is 7.71. The molecule has 1 aliphatic heterocycles. The van der Waals surface area contributed by atoms with Gasteiger partial charge in [0.25, 0.3) is 0 Å². The molecule has 0 radical (unpaired) electrons. The molecule has 31 heavy (non-hydrogen) atoms. The summed E-state index contributed by atoms with van der Waals surface area (Å²) in [6.07, 6.45) is 1.89. The fraction of sp³-hybridized carbons (Fsp3) is 0.458. The molecule has 7 heteroatoms. The monoisotopic (exact) mass is 541 g/mol. The molecule has 0 atom stereocenters. The molecule has 2 aromatic rings. The van der Waals surface area contributed by atoms with Gasteiger partial charge in [-0.25, -0.2) is 4.39 Å². The van der Waals surface area contributed by atoms with E-state index in [1.165, 1.54) is 11.6 Å². The van der Waals surface area contributed by atoms with Crippen LogP contribution >= 0.6 is 24.0 Å². The second-order valence-corrected chi connectivity index (χ2v) is 7.71. The van der Waals surface area contributed by atoms with Crippen LogP contribution in [0.1, 0.15) is 36.5 Å². The standard InChI is InChI=1S/C24H32FN3O2.HI/c1-4-30-21-8-6-20(7-9-21)24(11-13-29-14-12-24)17-28-23(26-3)27-16-19-5-10-22(25)18(2)15-19;/h5-10,15H,4,11-14,16-17H2,1-3H3,(H2,26,27,28);1H. The Labute approximate surface area is 201 Å². The van der Waals surface area contributed by atoms with E-state index in [9.17, 15) is 4.39 Å². The first kappa shape index (κ1) is 25.4. The summed E-state index contributed by atoms with van der Waals surface area (Å²) in [6.45, 7) is 7.26.